The zero-order valence-corrected chi connectivity index (χ0v) is 12.2. The van der Waals surface area contributed by atoms with Crippen molar-refractivity contribution in [2.45, 2.75) is 26.7 Å². The van der Waals surface area contributed by atoms with Gasteiger partial charge in [0, 0.05) is 6.07 Å². The van der Waals surface area contributed by atoms with E-state index in [-0.39, 0.29) is 0 Å². The van der Waals surface area contributed by atoms with E-state index in [0.29, 0.717) is 18.1 Å². The zero-order chi connectivity index (χ0) is 13.9. The molecule has 3 aromatic heterocycles. The number of nitrogens with one attached hydrogen (secondary N) is 1. The summed E-state index contributed by atoms with van der Waals surface area (Å²) >= 11 is 1.36. The Balaban J connectivity index is 2.01. The molecule has 3 rings (SSSR count). The molecule has 0 saturated carbocycles. The van der Waals surface area contributed by atoms with Crippen molar-refractivity contribution >= 4 is 22.7 Å². The Morgan fingerprint density at radius 3 is 2.95 bits per heavy atom. The topological polar surface area (TPSA) is 76.6 Å². The van der Waals surface area contributed by atoms with Gasteiger partial charge in [0.2, 0.25) is 5.88 Å². The molecule has 0 fully saturated rings. The van der Waals surface area contributed by atoms with Crippen molar-refractivity contribution in [3.05, 3.63) is 17.8 Å². The van der Waals surface area contributed by atoms with Crippen LogP contribution < -0.4 is 4.74 Å². The normalized spacial score (nSPS) is 11.1. The van der Waals surface area contributed by atoms with Gasteiger partial charge in [0.05, 0.1) is 17.8 Å². The molecule has 6 nitrogen and oxygen atoms in total. The molecule has 20 heavy (non-hydrogen) atoms. The van der Waals surface area contributed by atoms with E-state index in [2.05, 4.69) is 31.5 Å². The van der Waals surface area contributed by atoms with E-state index in [1.807, 2.05) is 19.1 Å². The molecule has 0 aliphatic rings. The van der Waals surface area contributed by atoms with Crippen LogP contribution in [0.4, 0.5) is 0 Å². The molecular weight excluding hydrogens is 274 g/mol. The first-order valence-corrected chi connectivity index (χ1v) is 7.40. The van der Waals surface area contributed by atoms with Gasteiger partial charge < -0.3 is 9.72 Å². The number of imidazole rings is 1. The SMILES string of the molecule is CCCc1nnsc1-c1nc2nc(OCC)ccc2[nH]1. The molecule has 0 aliphatic heterocycles. The Hall–Kier alpha value is -2.02. The number of pyridine rings is 1. The molecule has 104 valence electrons. The summed E-state index contributed by atoms with van der Waals surface area (Å²) in [4.78, 5) is 13.2. The largest absolute Gasteiger partial charge is 0.478 e. The molecule has 0 bridgehead atoms. The molecule has 0 spiro atoms. The zero-order valence-electron chi connectivity index (χ0n) is 11.4. The van der Waals surface area contributed by atoms with Crippen LogP contribution in [0.5, 0.6) is 5.88 Å². The summed E-state index contributed by atoms with van der Waals surface area (Å²) in [6.45, 7) is 4.65. The van der Waals surface area contributed by atoms with Crippen molar-refractivity contribution in [1.82, 2.24) is 24.5 Å². The third-order valence-electron chi connectivity index (χ3n) is 2.87. The van der Waals surface area contributed by atoms with E-state index in [0.717, 1.165) is 34.8 Å². The molecule has 1 N–H and O–H groups in total. The van der Waals surface area contributed by atoms with Gasteiger partial charge >= 0.3 is 0 Å². The Morgan fingerprint density at radius 1 is 1.25 bits per heavy atom. The number of rotatable bonds is 5. The van der Waals surface area contributed by atoms with Crippen LogP contribution in [0.25, 0.3) is 21.9 Å². The van der Waals surface area contributed by atoms with Crippen molar-refractivity contribution < 1.29 is 4.74 Å². The molecule has 3 aromatic rings. The third kappa shape index (κ3) is 2.36. The minimum Gasteiger partial charge on any atom is -0.478 e. The molecule has 0 radical (unpaired) electrons. The minimum atomic E-state index is 0.592. The lowest BCUT2D eigenvalue weighted by atomic mass is 10.2. The van der Waals surface area contributed by atoms with Gasteiger partial charge in [-0.2, -0.15) is 4.98 Å². The van der Waals surface area contributed by atoms with E-state index in [1.54, 1.807) is 0 Å². The third-order valence-corrected chi connectivity index (χ3v) is 3.65. The van der Waals surface area contributed by atoms with Crippen LogP contribution in [0.1, 0.15) is 26.0 Å². The number of aromatic nitrogens is 5. The molecule has 0 saturated heterocycles. The van der Waals surface area contributed by atoms with Crippen LogP contribution in [0, 0.1) is 0 Å². The Labute approximate surface area is 120 Å². The van der Waals surface area contributed by atoms with Gasteiger partial charge in [-0.15, -0.1) is 5.10 Å². The Bertz CT molecular complexity index is 720. The summed E-state index contributed by atoms with van der Waals surface area (Å²) in [5.74, 6) is 1.37. The van der Waals surface area contributed by atoms with E-state index in [4.69, 9.17) is 4.74 Å². The van der Waals surface area contributed by atoms with E-state index < -0.39 is 0 Å². The lowest BCUT2D eigenvalue weighted by Crippen LogP contribution is -1.93. The first-order chi connectivity index (χ1) is 9.81. The van der Waals surface area contributed by atoms with Crippen molar-refractivity contribution in [3.63, 3.8) is 0 Å². The second kappa shape index (κ2) is 5.54. The van der Waals surface area contributed by atoms with E-state index in [9.17, 15) is 0 Å². The number of aromatic amines is 1. The fraction of sp³-hybridized carbons (Fsp3) is 0.385. The van der Waals surface area contributed by atoms with Gasteiger partial charge in [-0.25, -0.2) is 4.98 Å². The first-order valence-electron chi connectivity index (χ1n) is 6.63. The molecule has 7 heteroatoms. The van der Waals surface area contributed by atoms with Gasteiger partial charge in [0.25, 0.3) is 0 Å². The highest BCUT2D eigenvalue weighted by atomic mass is 32.1. The van der Waals surface area contributed by atoms with Gasteiger partial charge in [0.1, 0.15) is 4.88 Å². The highest BCUT2D eigenvalue weighted by Gasteiger charge is 2.14. The molecule has 0 unspecified atom stereocenters. The number of nitrogens with zero attached hydrogens (tertiary/aromatic N) is 4. The fourth-order valence-electron chi connectivity index (χ4n) is 2.00. The van der Waals surface area contributed by atoms with Gasteiger partial charge in [0.15, 0.2) is 11.5 Å². The monoisotopic (exact) mass is 289 g/mol. The summed E-state index contributed by atoms with van der Waals surface area (Å²) in [6.07, 6.45) is 1.94. The maximum absolute atomic E-state index is 5.39. The lowest BCUT2D eigenvalue weighted by molar-refractivity contribution is 0.328. The predicted molar refractivity (Wildman–Crippen MR) is 78.0 cm³/mol. The number of fused-ring (bicyclic) bond motifs is 1. The summed E-state index contributed by atoms with van der Waals surface area (Å²) in [7, 11) is 0. The lowest BCUT2D eigenvalue weighted by Gasteiger charge is -1.99. The predicted octanol–water partition coefficient (Wildman–Crippen LogP) is 2.83. The second-order valence-corrected chi connectivity index (χ2v) is 5.09. The Morgan fingerprint density at radius 2 is 2.15 bits per heavy atom. The van der Waals surface area contributed by atoms with Crippen molar-refractivity contribution in [3.8, 4) is 16.6 Å². The van der Waals surface area contributed by atoms with Crippen LogP contribution in [0.3, 0.4) is 0 Å². The minimum absolute atomic E-state index is 0.592. The second-order valence-electron chi connectivity index (χ2n) is 4.34. The quantitative estimate of drug-likeness (QED) is 0.781. The van der Waals surface area contributed by atoms with Crippen LogP contribution in [0.15, 0.2) is 12.1 Å². The number of hydrogen-bond donors (Lipinski definition) is 1. The van der Waals surface area contributed by atoms with Crippen LogP contribution >= 0.6 is 11.5 Å². The standard InChI is InChI=1S/C13H15N5OS/c1-3-5-8-11(20-18-17-8)13-14-9-6-7-10(19-4-2)15-12(9)16-13/h6-7H,3-5H2,1-2H3,(H,14,15,16). The highest BCUT2D eigenvalue weighted by Crippen LogP contribution is 2.26. The Kier molecular flexibility index (Phi) is 3.60. The maximum atomic E-state index is 5.39. The summed E-state index contributed by atoms with van der Waals surface area (Å²) in [5, 5.41) is 4.16. The number of aryl methyl sites for hydroxylation is 1. The average molecular weight is 289 g/mol. The molecule has 3 heterocycles. The fourth-order valence-corrected chi connectivity index (χ4v) is 2.65. The smallest absolute Gasteiger partial charge is 0.215 e. The van der Waals surface area contributed by atoms with Gasteiger partial charge in [-0.1, -0.05) is 17.8 Å². The average Bonchev–Trinajstić information content (AvgIpc) is 3.04. The van der Waals surface area contributed by atoms with Crippen LogP contribution in [0.2, 0.25) is 0 Å². The molecule has 0 aromatic carbocycles. The summed E-state index contributed by atoms with van der Waals surface area (Å²) < 4.78 is 9.41. The van der Waals surface area contributed by atoms with Crippen molar-refractivity contribution in [2.75, 3.05) is 6.61 Å². The number of H-pyrrole nitrogens is 1. The highest BCUT2D eigenvalue weighted by molar-refractivity contribution is 7.09. The van der Waals surface area contributed by atoms with Crippen LogP contribution in [-0.2, 0) is 6.42 Å². The van der Waals surface area contributed by atoms with Gasteiger partial charge in [-0.3, -0.25) is 0 Å². The summed E-state index contributed by atoms with van der Waals surface area (Å²) in [5.41, 5.74) is 2.53. The maximum Gasteiger partial charge on any atom is 0.215 e. The van der Waals surface area contributed by atoms with Crippen LogP contribution in [-0.4, -0.2) is 31.1 Å². The van der Waals surface area contributed by atoms with E-state index >= 15 is 0 Å². The van der Waals surface area contributed by atoms with Gasteiger partial charge in [-0.05, 0) is 30.9 Å². The molecule has 0 aliphatic carbocycles. The van der Waals surface area contributed by atoms with E-state index in [1.165, 1.54) is 11.5 Å². The number of hydrogen-bond acceptors (Lipinski definition) is 6. The molecular formula is C13H15N5OS. The number of ether oxygens (including phenoxy) is 1. The van der Waals surface area contributed by atoms with Crippen molar-refractivity contribution in [1.29, 1.82) is 0 Å². The summed E-state index contributed by atoms with van der Waals surface area (Å²) in [6, 6.07) is 3.77. The van der Waals surface area contributed by atoms with Crippen molar-refractivity contribution in [2.24, 2.45) is 0 Å². The molecule has 0 amide bonds. The first kappa shape index (κ1) is 13.0. The molecule has 0 atom stereocenters.